The number of hydrogen-bond donors (Lipinski definition) is 3. The highest BCUT2D eigenvalue weighted by molar-refractivity contribution is 5.90. The summed E-state index contributed by atoms with van der Waals surface area (Å²) in [4.78, 5) is 171. The first kappa shape index (κ1) is 74.3. The zero-order valence-corrected chi connectivity index (χ0v) is 52.8. The summed E-state index contributed by atoms with van der Waals surface area (Å²) < 4.78 is 107. The predicted molar refractivity (Wildman–Crippen MR) is 302 cm³/mol. The maximum atomic E-state index is 14.2. The number of aliphatic hydroxyl groups is 1. The summed E-state index contributed by atoms with van der Waals surface area (Å²) in [5.41, 5.74) is -0.136. The van der Waals surface area contributed by atoms with Gasteiger partial charge in [0.05, 0.1) is 11.1 Å². The predicted octanol–water partition coefficient (Wildman–Crippen LogP) is -0.595. The van der Waals surface area contributed by atoms with Crippen molar-refractivity contribution in [3.05, 3.63) is 71.8 Å². The molecule has 4 aliphatic rings. The molecular weight excluding hydrogens is 1260 g/mol. The first-order valence-corrected chi connectivity index (χ1v) is 29.1. The van der Waals surface area contributed by atoms with Crippen molar-refractivity contribution in [2.75, 3.05) is 26.4 Å². The van der Waals surface area contributed by atoms with Crippen molar-refractivity contribution in [1.82, 2.24) is 10.6 Å². The van der Waals surface area contributed by atoms with Crippen molar-refractivity contribution < 1.29 is 153 Å². The molecule has 0 aromatic heterocycles. The van der Waals surface area contributed by atoms with Gasteiger partial charge in [-0.2, -0.15) is 0 Å². The molecule has 0 saturated carbocycles. The molecule has 4 saturated heterocycles. The number of nitrogens with one attached hydrogen (secondary N) is 2. The van der Waals surface area contributed by atoms with Gasteiger partial charge in [-0.1, -0.05) is 36.4 Å². The average Bonchev–Trinajstić information content (AvgIpc) is 0.769. The lowest BCUT2D eigenvalue weighted by molar-refractivity contribution is -0.368. The largest absolute Gasteiger partial charge is 0.463 e. The molecule has 6 rings (SSSR count). The molecule has 2 amide bonds. The van der Waals surface area contributed by atoms with E-state index < -0.39 is 227 Å². The second-order valence-electron chi connectivity index (χ2n) is 21.5. The minimum absolute atomic E-state index is 0.0550. The summed E-state index contributed by atoms with van der Waals surface area (Å²) in [6, 6.07) is 10.8. The van der Waals surface area contributed by atoms with Gasteiger partial charge >= 0.3 is 65.7 Å². The Morgan fingerprint density at radius 2 is 0.628 bits per heavy atom. The van der Waals surface area contributed by atoms with Crippen molar-refractivity contribution >= 4 is 77.5 Å². The lowest BCUT2D eigenvalue weighted by Crippen LogP contribution is -2.72. The molecule has 2 aromatic rings. The van der Waals surface area contributed by atoms with E-state index >= 15 is 0 Å². The van der Waals surface area contributed by atoms with Crippen molar-refractivity contribution in [3.8, 4) is 0 Å². The van der Waals surface area contributed by atoms with E-state index in [2.05, 4.69) is 10.6 Å². The van der Waals surface area contributed by atoms with Crippen molar-refractivity contribution in [1.29, 1.82) is 0 Å². The normalized spacial score (nSPS) is 30.4. The highest BCUT2D eigenvalue weighted by Crippen LogP contribution is 2.39. The second-order valence-corrected chi connectivity index (χ2v) is 21.5. The van der Waals surface area contributed by atoms with Gasteiger partial charge in [-0.15, -0.1) is 0 Å². The number of hydrogen-bond acceptors (Lipinski definition) is 32. The Bertz CT molecular complexity index is 3040. The van der Waals surface area contributed by atoms with Gasteiger partial charge in [0.25, 0.3) is 0 Å². The van der Waals surface area contributed by atoms with E-state index in [4.69, 9.17) is 85.3 Å². The Labute approximate surface area is 536 Å². The van der Waals surface area contributed by atoms with Crippen LogP contribution in [0.3, 0.4) is 0 Å². The molecule has 0 unspecified atom stereocenters. The molecule has 0 radical (unpaired) electrons. The Kier molecular flexibility index (Phi) is 27.2. The minimum Gasteiger partial charge on any atom is -0.463 e. The molecule has 0 aliphatic carbocycles. The minimum atomic E-state index is -2.19. The summed E-state index contributed by atoms with van der Waals surface area (Å²) in [6.07, 6.45) is -34.9. The van der Waals surface area contributed by atoms with Crippen molar-refractivity contribution in [2.24, 2.45) is 0 Å². The molecule has 4 fully saturated rings. The van der Waals surface area contributed by atoms with Gasteiger partial charge in [-0.3, -0.25) is 52.7 Å². The number of rotatable bonds is 25. The number of benzene rings is 2. The zero-order chi connectivity index (χ0) is 69.2. The van der Waals surface area contributed by atoms with Gasteiger partial charge in [0, 0.05) is 76.2 Å². The highest BCUT2D eigenvalue weighted by atomic mass is 16.8. The number of aliphatic hydroxyl groups excluding tert-OH is 1. The number of carbonyl (C=O) groups is 13. The molecule has 94 heavy (non-hydrogen) atoms. The van der Waals surface area contributed by atoms with Gasteiger partial charge in [-0.25, -0.2) is 9.59 Å². The van der Waals surface area contributed by atoms with E-state index in [0.29, 0.717) is 0 Å². The van der Waals surface area contributed by atoms with Crippen LogP contribution >= 0.6 is 0 Å². The fourth-order valence-electron chi connectivity index (χ4n) is 10.4. The molecule has 34 nitrogen and oxygen atoms in total. The van der Waals surface area contributed by atoms with Crippen LogP contribution in [0.25, 0.3) is 0 Å². The third-order valence-corrected chi connectivity index (χ3v) is 13.9. The zero-order valence-electron chi connectivity index (χ0n) is 52.8. The van der Waals surface area contributed by atoms with Crippen LogP contribution in [0, 0.1) is 0 Å². The lowest BCUT2D eigenvalue weighted by Gasteiger charge is -2.52. The van der Waals surface area contributed by atoms with E-state index in [1.807, 2.05) is 0 Å². The van der Waals surface area contributed by atoms with Crippen LogP contribution in [-0.4, -0.2) is 232 Å². The van der Waals surface area contributed by atoms with E-state index in [1.54, 1.807) is 12.1 Å². The van der Waals surface area contributed by atoms with Gasteiger partial charge in [0.2, 0.25) is 11.8 Å². The average molecular weight is 1340 g/mol. The smallest absolute Gasteiger partial charge is 0.338 e. The van der Waals surface area contributed by atoms with Crippen LogP contribution in [0.4, 0.5) is 0 Å². The molecule has 0 spiro atoms. The second kappa shape index (κ2) is 34.4. The van der Waals surface area contributed by atoms with Gasteiger partial charge < -0.3 is 101 Å². The maximum absolute atomic E-state index is 14.2. The summed E-state index contributed by atoms with van der Waals surface area (Å²) in [5, 5.41) is 16.9. The number of esters is 11. The van der Waals surface area contributed by atoms with E-state index in [9.17, 15) is 67.4 Å². The van der Waals surface area contributed by atoms with Crippen LogP contribution in [0.1, 0.15) is 96.9 Å². The number of amides is 2. The molecule has 516 valence electrons. The van der Waals surface area contributed by atoms with Crippen molar-refractivity contribution in [3.63, 3.8) is 0 Å². The van der Waals surface area contributed by atoms with Crippen LogP contribution in [-0.2, 0) is 138 Å². The van der Waals surface area contributed by atoms with Gasteiger partial charge in [-0.05, 0) is 24.3 Å². The first-order chi connectivity index (χ1) is 44.4. The lowest BCUT2D eigenvalue weighted by atomic mass is 9.93. The Hall–Kier alpha value is -8.77. The molecule has 4 heterocycles. The summed E-state index contributed by atoms with van der Waals surface area (Å²) in [6.45, 7) is 7.48. The Balaban J connectivity index is 1.55. The quantitative estimate of drug-likeness (QED) is 0.0826. The highest BCUT2D eigenvalue weighted by Gasteiger charge is 2.61. The summed E-state index contributed by atoms with van der Waals surface area (Å²) in [5.74, 6) is -13.0. The molecule has 3 N–H and O–H groups in total. The summed E-state index contributed by atoms with van der Waals surface area (Å²) >= 11 is 0. The van der Waals surface area contributed by atoms with E-state index in [-0.39, 0.29) is 11.1 Å². The van der Waals surface area contributed by atoms with Gasteiger partial charge in [0.15, 0.2) is 67.9 Å². The van der Waals surface area contributed by atoms with Crippen LogP contribution in [0.5, 0.6) is 0 Å². The van der Waals surface area contributed by atoms with E-state index in [1.165, 1.54) is 48.5 Å². The third-order valence-electron chi connectivity index (χ3n) is 13.9. The maximum Gasteiger partial charge on any atom is 0.338 e. The van der Waals surface area contributed by atoms with E-state index in [0.717, 1.165) is 76.2 Å². The fraction of sp³-hybridized carbons (Fsp3) is 0.583. The molecule has 34 heteroatoms. The fourth-order valence-corrected chi connectivity index (χ4v) is 10.4. The van der Waals surface area contributed by atoms with Crippen LogP contribution < -0.4 is 10.6 Å². The standard InChI is InChI=1S/C60H74N2O32/c1-26(63)61-43-49(83-34(9)71)46(93-60-54(85-36(11)73)52(84-35(10)72)47(82-33(8)70)42(89-60)25-80-31(6)68)41(24-79-30(5)67)88-59(43)94-50-44(62-27(2)64)58(87-40(23-78-29(4)66)45(50)81-32(7)69)92-48-39(22-77-28(3)65)86-57(76)53(91-56(75)38-20-16-13-17-21-38)51(48)90-55(74)37-18-14-12-15-19-37/h12-21,39-54,57-60,76H,22-25H2,1-11H3,(H,61,63)(H,62,64)/t39-,40-,41-,42-,43-,44-,45+,46-,47+,48-,49-,50-,51+,52+,53-,54-,57+,58+,59+,60+/m1/s1. The molecular formula is C60H74N2O32. The SMILES string of the molecule is CC(=O)N[C@H]1[C@H](O[C@H]2[C@H](OC(=O)c3ccccc3)[C@@H](OC(=O)c3ccccc3)[C@@H](O)O[C@@H]2COC(C)=O)O[C@H](COC(C)=O)[C@H](OC(C)=O)[C@@H]1O[C@@H]1O[C@H](COC(C)=O)[C@@H](O[C@@H]2O[C@H](COC(C)=O)[C@H](OC(C)=O)[C@H](OC(C)=O)[C@H]2OC(C)=O)[C@H](OC(C)=O)[C@H]1NC(C)=O. The molecule has 0 bridgehead atoms. The Morgan fingerprint density at radius 3 is 1.03 bits per heavy atom. The van der Waals surface area contributed by atoms with Crippen LogP contribution in [0.2, 0.25) is 0 Å². The van der Waals surface area contributed by atoms with Crippen LogP contribution in [0.15, 0.2) is 60.7 Å². The topological polar surface area (TPSA) is 432 Å². The molecule has 4 aliphatic heterocycles. The number of carbonyl (C=O) groups excluding carboxylic acids is 13. The monoisotopic (exact) mass is 1330 g/mol. The van der Waals surface area contributed by atoms with Crippen molar-refractivity contribution in [2.45, 2.75) is 199 Å². The molecule has 2 aromatic carbocycles. The third kappa shape index (κ3) is 21.1. The number of ether oxygens (including phenoxy) is 18. The first-order valence-electron chi connectivity index (χ1n) is 29.1. The summed E-state index contributed by atoms with van der Waals surface area (Å²) in [7, 11) is 0. The Morgan fingerprint density at radius 1 is 0.330 bits per heavy atom. The molecule has 20 atom stereocenters. The van der Waals surface area contributed by atoms with Gasteiger partial charge in [0.1, 0.15) is 81.2 Å².